The van der Waals surface area contributed by atoms with E-state index in [4.69, 9.17) is 9.47 Å². The molecule has 0 aromatic carbocycles. The van der Waals surface area contributed by atoms with Crippen molar-refractivity contribution in [1.29, 1.82) is 0 Å². The van der Waals surface area contributed by atoms with Gasteiger partial charge in [-0.15, -0.1) is 0 Å². The van der Waals surface area contributed by atoms with E-state index in [1.165, 1.54) is 0 Å². The molecule has 0 unspecified atom stereocenters. The fourth-order valence-electron chi connectivity index (χ4n) is 1.81. The molecule has 3 nitrogen and oxygen atoms in total. The predicted molar refractivity (Wildman–Crippen MR) is 55.3 cm³/mol. The zero-order valence-corrected chi connectivity index (χ0v) is 9.08. The van der Waals surface area contributed by atoms with Crippen molar-refractivity contribution in [3.05, 3.63) is 0 Å². The Kier molecular flexibility index (Phi) is 6.15. The van der Waals surface area contributed by atoms with Crippen LogP contribution in [0.3, 0.4) is 0 Å². The van der Waals surface area contributed by atoms with Crippen LogP contribution in [0.5, 0.6) is 0 Å². The second-order valence-electron chi connectivity index (χ2n) is 4.00. The Bertz CT molecular complexity index is 130. The number of aliphatic hydroxyl groups is 1. The van der Waals surface area contributed by atoms with Crippen LogP contribution in [-0.4, -0.2) is 37.6 Å². The molecule has 0 saturated heterocycles. The molecule has 0 atom stereocenters. The quantitative estimate of drug-likeness (QED) is 0.667. The second kappa shape index (κ2) is 7.21. The van der Waals surface area contributed by atoms with Crippen molar-refractivity contribution in [1.82, 2.24) is 0 Å². The molecule has 1 saturated carbocycles. The molecule has 0 amide bonds. The van der Waals surface area contributed by atoms with Gasteiger partial charge in [0.2, 0.25) is 0 Å². The molecule has 3 heteroatoms. The highest BCUT2D eigenvalue weighted by Crippen LogP contribution is 2.21. The van der Waals surface area contributed by atoms with Crippen LogP contribution in [0.15, 0.2) is 0 Å². The van der Waals surface area contributed by atoms with E-state index in [9.17, 15) is 5.11 Å². The third kappa shape index (κ3) is 4.94. The van der Waals surface area contributed by atoms with Gasteiger partial charge < -0.3 is 14.6 Å². The Hall–Kier alpha value is -0.120. The van der Waals surface area contributed by atoms with Gasteiger partial charge in [-0.25, -0.2) is 0 Å². The van der Waals surface area contributed by atoms with Crippen molar-refractivity contribution in [3.8, 4) is 0 Å². The van der Waals surface area contributed by atoms with E-state index in [0.29, 0.717) is 6.10 Å². The molecular formula is C11H22O3. The fraction of sp³-hybridized carbons (Fsp3) is 1.00. The van der Waals surface area contributed by atoms with Crippen molar-refractivity contribution in [2.24, 2.45) is 0 Å². The van der Waals surface area contributed by atoms with Gasteiger partial charge in [-0.3, -0.25) is 0 Å². The number of aliphatic hydroxyl groups excluding tert-OH is 1. The molecule has 1 fully saturated rings. The Morgan fingerprint density at radius 1 is 1.07 bits per heavy atom. The van der Waals surface area contributed by atoms with E-state index in [1.807, 2.05) is 0 Å². The molecule has 1 aliphatic carbocycles. The van der Waals surface area contributed by atoms with Crippen molar-refractivity contribution in [2.75, 3.05) is 20.3 Å². The zero-order valence-electron chi connectivity index (χ0n) is 9.08. The molecule has 0 aromatic heterocycles. The maximum Gasteiger partial charge on any atom is 0.0577 e. The van der Waals surface area contributed by atoms with E-state index in [1.54, 1.807) is 7.11 Å². The standard InChI is InChI=1S/C11H22O3/c1-13-8-2-3-9-14-11-6-4-10(12)5-7-11/h10-12H,2-9H2,1H3. The summed E-state index contributed by atoms with van der Waals surface area (Å²) in [6.07, 6.45) is 6.31. The molecule has 1 rings (SSSR count). The molecule has 0 heterocycles. The maximum absolute atomic E-state index is 9.30. The third-order valence-corrected chi connectivity index (χ3v) is 2.74. The molecule has 0 bridgehead atoms. The molecule has 0 aromatic rings. The minimum absolute atomic E-state index is 0.0802. The molecule has 1 aliphatic rings. The highest BCUT2D eigenvalue weighted by Gasteiger charge is 2.19. The molecule has 1 N–H and O–H groups in total. The predicted octanol–water partition coefficient (Wildman–Crippen LogP) is 1.73. The summed E-state index contributed by atoms with van der Waals surface area (Å²) in [4.78, 5) is 0. The van der Waals surface area contributed by atoms with Gasteiger partial charge in [-0.1, -0.05) is 0 Å². The molecule has 0 aliphatic heterocycles. The summed E-state index contributed by atoms with van der Waals surface area (Å²) in [6, 6.07) is 0. The molecule has 0 radical (unpaired) electrons. The Morgan fingerprint density at radius 3 is 2.36 bits per heavy atom. The molecule has 14 heavy (non-hydrogen) atoms. The van der Waals surface area contributed by atoms with Gasteiger partial charge in [0.15, 0.2) is 0 Å². The van der Waals surface area contributed by atoms with Gasteiger partial charge in [0.25, 0.3) is 0 Å². The minimum Gasteiger partial charge on any atom is -0.393 e. The second-order valence-corrected chi connectivity index (χ2v) is 4.00. The summed E-state index contributed by atoms with van der Waals surface area (Å²) >= 11 is 0. The van der Waals surface area contributed by atoms with Crippen LogP contribution >= 0.6 is 0 Å². The number of unbranched alkanes of at least 4 members (excludes halogenated alkanes) is 1. The van der Waals surface area contributed by atoms with Gasteiger partial charge in [0.05, 0.1) is 12.2 Å². The lowest BCUT2D eigenvalue weighted by atomic mass is 9.95. The van der Waals surface area contributed by atoms with Crippen LogP contribution in [0.4, 0.5) is 0 Å². The number of rotatable bonds is 6. The van der Waals surface area contributed by atoms with E-state index in [-0.39, 0.29) is 6.10 Å². The largest absolute Gasteiger partial charge is 0.393 e. The van der Waals surface area contributed by atoms with Crippen molar-refractivity contribution in [3.63, 3.8) is 0 Å². The topological polar surface area (TPSA) is 38.7 Å². The monoisotopic (exact) mass is 202 g/mol. The van der Waals surface area contributed by atoms with Gasteiger partial charge in [0, 0.05) is 20.3 Å². The number of hydrogen-bond donors (Lipinski definition) is 1. The Balaban J connectivity index is 1.91. The van der Waals surface area contributed by atoms with E-state index < -0.39 is 0 Å². The lowest BCUT2D eigenvalue weighted by Crippen LogP contribution is -2.24. The average Bonchev–Trinajstić information content (AvgIpc) is 2.21. The summed E-state index contributed by atoms with van der Waals surface area (Å²) in [6.45, 7) is 1.66. The van der Waals surface area contributed by atoms with Crippen molar-refractivity contribution >= 4 is 0 Å². The summed E-state index contributed by atoms with van der Waals surface area (Å²) in [7, 11) is 1.73. The maximum atomic E-state index is 9.30. The van der Waals surface area contributed by atoms with Gasteiger partial charge in [-0.2, -0.15) is 0 Å². The zero-order chi connectivity index (χ0) is 10.2. The van der Waals surface area contributed by atoms with Gasteiger partial charge in [0.1, 0.15) is 0 Å². The third-order valence-electron chi connectivity index (χ3n) is 2.74. The van der Waals surface area contributed by atoms with Crippen LogP contribution in [0.25, 0.3) is 0 Å². The summed E-state index contributed by atoms with van der Waals surface area (Å²) in [5.41, 5.74) is 0. The normalized spacial score (nSPS) is 27.9. The number of hydrogen-bond acceptors (Lipinski definition) is 3. The van der Waals surface area contributed by atoms with E-state index in [2.05, 4.69) is 0 Å². The van der Waals surface area contributed by atoms with Gasteiger partial charge in [-0.05, 0) is 38.5 Å². The van der Waals surface area contributed by atoms with Crippen LogP contribution < -0.4 is 0 Å². The van der Waals surface area contributed by atoms with E-state index in [0.717, 1.165) is 51.7 Å². The fourth-order valence-corrected chi connectivity index (χ4v) is 1.81. The van der Waals surface area contributed by atoms with Crippen molar-refractivity contribution in [2.45, 2.75) is 50.7 Å². The highest BCUT2D eigenvalue weighted by molar-refractivity contribution is 4.71. The molecular weight excluding hydrogens is 180 g/mol. The van der Waals surface area contributed by atoms with Crippen LogP contribution in [-0.2, 0) is 9.47 Å². The smallest absolute Gasteiger partial charge is 0.0577 e. The lowest BCUT2D eigenvalue weighted by molar-refractivity contribution is -0.00566. The SMILES string of the molecule is COCCCCOC1CCC(O)CC1. The Morgan fingerprint density at radius 2 is 1.71 bits per heavy atom. The first-order chi connectivity index (χ1) is 6.83. The first-order valence-corrected chi connectivity index (χ1v) is 5.61. The summed E-state index contributed by atoms with van der Waals surface area (Å²) < 4.78 is 10.7. The van der Waals surface area contributed by atoms with Crippen LogP contribution in [0.1, 0.15) is 38.5 Å². The Labute approximate surface area is 86.4 Å². The van der Waals surface area contributed by atoms with E-state index >= 15 is 0 Å². The van der Waals surface area contributed by atoms with Crippen LogP contribution in [0, 0.1) is 0 Å². The number of methoxy groups -OCH3 is 1. The lowest BCUT2D eigenvalue weighted by Gasteiger charge is -2.25. The molecule has 84 valence electrons. The first-order valence-electron chi connectivity index (χ1n) is 5.61. The van der Waals surface area contributed by atoms with Crippen molar-refractivity contribution < 1.29 is 14.6 Å². The molecule has 0 spiro atoms. The number of ether oxygens (including phenoxy) is 2. The van der Waals surface area contributed by atoms with Gasteiger partial charge >= 0.3 is 0 Å². The minimum atomic E-state index is -0.0802. The summed E-state index contributed by atoms with van der Waals surface area (Å²) in [5, 5.41) is 9.30. The summed E-state index contributed by atoms with van der Waals surface area (Å²) in [5.74, 6) is 0. The average molecular weight is 202 g/mol. The highest BCUT2D eigenvalue weighted by atomic mass is 16.5. The van der Waals surface area contributed by atoms with Crippen LogP contribution in [0.2, 0.25) is 0 Å². The first kappa shape index (κ1) is 12.0.